The molecule has 1 fully saturated rings. The molecule has 1 aromatic heterocycles. The van der Waals surface area contributed by atoms with E-state index in [1.165, 1.54) is 18.4 Å². The van der Waals surface area contributed by atoms with Gasteiger partial charge in [-0.1, -0.05) is 12.1 Å². The second-order valence-electron chi connectivity index (χ2n) is 5.25. The minimum atomic E-state index is 0.583. The Labute approximate surface area is 119 Å². The number of benzene rings is 1. The molecule has 1 heterocycles. The van der Waals surface area contributed by atoms with Crippen molar-refractivity contribution in [2.75, 3.05) is 19.1 Å². The van der Waals surface area contributed by atoms with Crippen molar-refractivity contribution in [3.63, 3.8) is 0 Å². The van der Waals surface area contributed by atoms with E-state index in [4.69, 9.17) is 4.74 Å². The minimum Gasteiger partial charge on any atom is -0.497 e. The van der Waals surface area contributed by atoms with Gasteiger partial charge in [0.25, 0.3) is 0 Å². The summed E-state index contributed by atoms with van der Waals surface area (Å²) in [5.41, 5.74) is 1.21. The predicted octanol–water partition coefficient (Wildman–Crippen LogP) is 3.00. The molecule has 1 aromatic carbocycles. The van der Waals surface area contributed by atoms with E-state index in [1.807, 2.05) is 24.4 Å². The lowest BCUT2D eigenvalue weighted by atomic mass is 10.2. The molecule has 3 rings (SSSR count). The molecule has 4 heteroatoms. The Morgan fingerprint density at radius 1 is 1.30 bits per heavy atom. The van der Waals surface area contributed by atoms with Crippen molar-refractivity contribution in [3.05, 3.63) is 47.9 Å². The largest absolute Gasteiger partial charge is 0.497 e. The van der Waals surface area contributed by atoms with Crippen molar-refractivity contribution in [2.45, 2.75) is 25.3 Å². The van der Waals surface area contributed by atoms with Crippen LogP contribution in [0.15, 0.2) is 36.5 Å². The summed E-state index contributed by atoms with van der Waals surface area (Å²) in [6, 6.07) is 10.1. The van der Waals surface area contributed by atoms with Crippen molar-refractivity contribution in [3.8, 4) is 5.75 Å². The Morgan fingerprint density at radius 2 is 2.15 bits per heavy atom. The minimum absolute atomic E-state index is 0.583. The summed E-state index contributed by atoms with van der Waals surface area (Å²) in [7, 11) is 3.74. The average molecular weight is 269 g/mol. The zero-order valence-corrected chi connectivity index (χ0v) is 11.9. The van der Waals surface area contributed by atoms with Gasteiger partial charge < -0.3 is 9.64 Å². The van der Waals surface area contributed by atoms with E-state index in [9.17, 15) is 0 Å². The van der Waals surface area contributed by atoms with Crippen LogP contribution in [0.25, 0.3) is 0 Å². The zero-order chi connectivity index (χ0) is 13.9. The van der Waals surface area contributed by atoms with Crippen molar-refractivity contribution in [1.29, 1.82) is 0 Å². The molecule has 2 aromatic rings. The number of aromatic nitrogens is 2. The number of hydrogen-bond donors (Lipinski definition) is 0. The Kier molecular flexibility index (Phi) is 3.54. The molecule has 0 radical (unpaired) electrons. The van der Waals surface area contributed by atoms with Crippen LogP contribution in [0.4, 0.5) is 5.82 Å². The predicted molar refractivity (Wildman–Crippen MR) is 79.1 cm³/mol. The molecular weight excluding hydrogens is 250 g/mol. The molecule has 0 amide bonds. The fourth-order valence-corrected chi connectivity index (χ4v) is 2.24. The monoisotopic (exact) mass is 269 g/mol. The van der Waals surface area contributed by atoms with E-state index in [-0.39, 0.29) is 0 Å². The number of rotatable bonds is 5. The van der Waals surface area contributed by atoms with Gasteiger partial charge in [0.2, 0.25) is 0 Å². The molecule has 20 heavy (non-hydrogen) atoms. The van der Waals surface area contributed by atoms with Crippen molar-refractivity contribution in [2.24, 2.45) is 0 Å². The second-order valence-corrected chi connectivity index (χ2v) is 5.25. The maximum absolute atomic E-state index is 5.26. The summed E-state index contributed by atoms with van der Waals surface area (Å²) in [5, 5.41) is 0. The van der Waals surface area contributed by atoms with E-state index < -0.39 is 0 Å². The number of nitrogens with zero attached hydrogens (tertiary/aromatic N) is 3. The first-order valence-corrected chi connectivity index (χ1v) is 6.93. The number of methoxy groups -OCH3 is 1. The lowest BCUT2D eigenvalue weighted by Crippen LogP contribution is -2.18. The maximum atomic E-state index is 5.26. The topological polar surface area (TPSA) is 38.2 Å². The smallest absolute Gasteiger partial charge is 0.133 e. The van der Waals surface area contributed by atoms with Gasteiger partial charge in [0, 0.05) is 25.7 Å². The van der Waals surface area contributed by atoms with Crippen LogP contribution >= 0.6 is 0 Å². The number of ether oxygens (including phenoxy) is 1. The first-order valence-electron chi connectivity index (χ1n) is 6.93. The van der Waals surface area contributed by atoms with Gasteiger partial charge in [0.1, 0.15) is 17.4 Å². The van der Waals surface area contributed by atoms with Crippen LogP contribution in [0.5, 0.6) is 5.75 Å². The molecule has 0 N–H and O–H groups in total. The fraction of sp³-hybridized carbons (Fsp3) is 0.375. The van der Waals surface area contributed by atoms with Crippen LogP contribution < -0.4 is 9.64 Å². The standard InChI is InChI=1S/C16H19N3O/c1-19(11-12-4-3-5-14(10-12)20-2)15-8-9-17-16(18-15)13-6-7-13/h3-5,8-10,13H,6-7,11H2,1-2H3. The van der Waals surface area contributed by atoms with Crippen molar-refractivity contribution in [1.82, 2.24) is 9.97 Å². The Morgan fingerprint density at radius 3 is 2.90 bits per heavy atom. The van der Waals surface area contributed by atoms with E-state index in [1.54, 1.807) is 7.11 Å². The van der Waals surface area contributed by atoms with Crippen molar-refractivity contribution >= 4 is 5.82 Å². The third-order valence-corrected chi connectivity index (χ3v) is 3.55. The van der Waals surface area contributed by atoms with Gasteiger partial charge in [0.15, 0.2) is 0 Å². The van der Waals surface area contributed by atoms with Crippen LogP contribution in [0, 0.1) is 0 Å². The van der Waals surface area contributed by atoms with E-state index in [0.717, 1.165) is 23.9 Å². The van der Waals surface area contributed by atoms with Crippen molar-refractivity contribution < 1.29 is 4.74 Å². The molecule has 104 valence electrons. The van der Waals surface area contributed by atoms with Crippen LogP contribution in [-0.4, -0.2) is 24.1 Å². The third-order valence-electron chi connectivity index (χ3n) is 3.55. The molecule has 0 aliphatic heterocycles. The van der Waals surface area contributed by atoms with E-state index in [0.29, 0.717) is 5.92 Å². The summed E-state index contributed by atoms with van der Waals surface area (Å²) in [4.78, 5) is 11.2. The Balaban J connectivity index is 1.74. The van der Waals surface area contributed by atoms with Gasteiger partial charge in [0.05, 0.1) is 7.11 Å². The van der Waals surface area contributed by atoms with Crippen LogP contribution in [-0.2, 0) is 6.54 Å². The summed E-state index contributed by atoms with van der Waals surface area (Å²) in [6.07, 6.45) is 4.31. The highest BCUT2D eigenvalue weighted by atomic mass is 16.5. The van der Waals surface area contributed by atoms with Gasteiger partial charge in [-0.15, -0.1) is 0 Å². The van der Waals surface area contributed by atoms with Crippen LogP contribution in [0.3, 0.4) is 0 Å². The van der Waals surface area contributed by atoms with Crippen LogP contribution in [0.2, 0.25) is 0 Å². The molecule has 0 saturated heterocycles. The molecule has 1 aliphatic carbocycles. The first kappa shape index (κ1) is 12.9. The highest BCUT2D eigenvalue weighted by Crippen LogP contribution is 2.38. The second kappa shape index (κ2) is 5.49. The molecule has 0 unspecified atom stereocenters. The molecule has 1 saturated carbocycles. The third kappa shape index (κ3) is 2.90. The fourth-order valence-electron chi connectivity index (χ4n) is 2.24. The quantitative estimate of drug-likeness (QED) is 0.836. The molecule has 0 spiro atoms. The lowest BCUT2D eigenvalue weighted by Gasteiger charge is -2.19. The summed E-state index contributed by atoms with van der Waals surface area (Å²) >= 11 is 0. The average Bonchev–Trinajstić information content (AvgIpc) is 3.32. The lowest BCUT2D eigenvalue weighted by molar-refractivity contribution is 0.414. The van der Waals surface area contributed by atoms with Gasteiger partial charge >= 0.3 is 0 Å². The highest BCUT2D eigenvalue weighted by molar-refractivity contribution is 5.39. The maximum Gasteiger partial charge on any atom is 0.133 e. The molecule has 4 nitrogen and oxygen atoms in total. The summed E-state index contributed by atoms with van der Waals surface area (Å²) < 4.78 is 5.26. The first-order chi connectivity index (χ1) is 9.76. The zero-order valence-electron chi connectivity index (χ0n) is 11.9. The normalized spacial score (nSPS) is 14.1. The van der Waals surface area contributed by atoms with Gasteiger partial charge in [-0.05, 0) is 36.6 Å². The molecule has 0 bridgehead atoms. The van der Waals surface area contributed by atoms with Gasteiger partial charge in [-0.3, -0.25) is 0 Å². The van der Waals surface area contributed by atoms with E-state index >= 15 is 0 Å². The van der Waals surface area contributed by atoms with Crippen LogP contribution in [0.1, 0.15) is 30.1 Å². The number of anilines is 1. The van der Waals surface area contributed by atoms with Gasteiger partial charge in [-0.2, -0.15) is 0 Å². The highest BCUT2D eigenvalue weighted by Gasteiger charge is 2.26. The SMILES string of the molecule is COc1cccc(CN(C)c2ccnc(C3CC3)n2)c1. The Bertz CT molecular complexity index is 596. The van der Waals surface area contributed by atoms with E-state index in [2.05, 4.69) is 34.0 Å². The molecule has 0 atom stereocenters. The van der Waals surface area contributed by atoms with Gasteiger partial charge in [-0.25, -0.2) is 9.97 Å². The molecular formula is C16H19N3O. The molecule has 1 aliphatic rings. The summed E-state index contributed by atoms with van der Waals surface area (Å²) in [5.74, 6) is 3.43. The number of hydrogen-bond acceptors (Lipinski definition) is 4. The summed E-state index contributed by atoms with van der Waals surface area (Å²) in [6.45, 7) is 0.804. The Hall–Kier alpha value is -2.10.